The number of hydrogen-bond acceptors (Lipinski definition) is 2. The lowest BCUT2D eigenvalue weighted by Gasteiger charge is -2.48. The highest BCUT2D eigenvalue weighted by atomic mass is 16.5. The SMILES string of the molecule is C=CCOC1CCC2C3CCC(=O)C(CC)=C3CC[C@@]12C. The van der Waals surface area contributed by atoms with E-state index in [0.717, 1.165) is 25.7 Å². The molecule has 0 aromatic heterocycles. The molecule has 4 atom stereocenters. The maximum Gasteiger partial charge on any atom is 0.158 e. The van der Waals surface area contributed by atoms with E-state index in [-0.39, 0.29) is 0 Å². The van der Waals surface area contributed by atoms with Crippen molar-refractivity contribution in [3.8, 4) is 0 Å². The highest BCUT2D eigenvalue weighted by molar-refractivity contribution is 5.97. The number of carbonyl (C=O) groups is 1. The molecule has 0 aromatic carbocycles. The Labute approximate surface area is 128 Å². The molecule has 2 fully saturated rings. The third-order valence-corrected chi connectivity index (χ3v) is 6.36. The van der Waals surface area contributed by atoms with Gasteiger partial charge in [0.15, 0.2) is 5.78 Å². The van der Waals surface area contributed by atoms with Crippen molar-refractivity contribution < 1.29 is 9.53 Å². The van der Waals surface area contributed by atoms with Crippen LogP contribution >= 0.6 is 0 Å². The molecule has 0 aliphatic heterocycles. The number of ketones is 1. The van der Waals surface area contributed by atoms with Gasteiger partial charge in [0, 0.05) is 6.42 Å². The van der Waals surface area contributed by atoms with Crippen molar-refractivity contribution in [2.45, 2.75) is 64.9 Å². The summed E-state index contributed by atoms with van der Waals surface area (Å²) in [5.74, 6) is 1.78. The van der Waals surface area contributed by atoms with Crippen molar-refractivity contribution in [3.05, 3.63) is 23.8 Å². The minimum atomic E-state index is 0.302. The van der Waals surface area contributed by atoms with Gasteiger partial charge >= 0.3 is 0 Å². The molecule has 21 heavy (non-hydrogen) atoms. The van der Waals surface area contributed by atoms with Gasteiger partial charge in [-0.15, -0.1) is 6.58 Å². The lowest BCUT2D eigenvalue weighted by Crippen LogP contribution is -2.43. The van der Waals surface area contributed by atoms with Gasteiger partial charge in [0.05, 0.1) is 12.7 Å². The molecule has 0 spiro atoms. The van der Waals surface area contributed by atoms with Crippen molar-refractivity contribution in [2.75, 3.05) is 6.61 Å². The van der Waals surface area contributed by atoms with Gasteiger partial charge in [-0.3, -0.25) is 4.79 Å². The van der Waals surface area contributed by atoms with Gasteiger partial charge in [-0.05, 0) is 61.3 Å². The van der Waals surface area contributed by atoms with E-state index in [2.05, 4.69) is 20.4 Å². The molecule has 2 heteroatoms. The molecule has 2 saturated carbocycles. The first-order chi connectivity index (χ1) is 10.1. The van der Waals surface area contributed by atoms with E-state index in [4.69, 9.17) is 4.74 Å². The Kier molecular flexibility index (Phi) is 4.09. The van der Waals surface area contributed by atoms with Gasteiger partial charge in [0.25, 0.3) is 0 Å². The summed E-state index contributed by atoms with van der Waals surface area (Å²) in [7, 11) is 0. The van der Waals surface area contributed by atoms with Gasteiger partial charge in [0.1, 0.15) is 0 Å². The topological polar surface area (TPSA) is 26.3 Å². The Hall–Kier alpha value is -0.890. The van der Waals surface area contributed by atoms with Crippen molar-refractivity contribution in [1.29, 1.82) is 0 Å². The van der Waals surface area contributed by atoms with Crippen molar-refractivity contribution in [2.24, 2.45) is 17.3 Å². The molecule has 0 bridgehead atoms. The highest BCUT2D eigenvalue weighted by Gasteiger charge is 2.54. The summed E-state index contributed by atoms with van der Waals surface area (Å²) in [6, 6.07) is 0. The number of allylic oxidation sites excluding steroid dienone is 2. The summed E-state index contributed by atoms with van der Waals surface area (Å²) in [4.78, 5) is 12.2. The average Bonchev–Trinajstić information content (AvgIpc) is 2.82. The van der Waals surface area contributed by atoms with E-state index < -0.39 is 0 Å². The predicted octanol–water partition coefficient (Wildman–Crippen LogP) is 4.45. The fraction of sp³-hybridized carbons (Fsp3) is 0.737. The fourth-order valence-corrected chi connectivity index (χ4v) is 5.32. The van der Waals surface area contributed by atoms with Crippen LogP contribution in [0.5, 0.6) is 0 Å². The molecule has 0 aromatic rings. The maximum atomic E-state index is 12.2. The zero-order valence-electron chi connectivity index (χ0n) is 13.5. The van der Waals surface area contributed by atoms with Crippen LogP contribution in [-0.2, 0) is 9.53 Å². The minimum Gasteiger partial charge on any atom is -0.374 e. The fourth-order valence-electron chi connectivity index (χ4n) is 5.32. The summed E-state index contributed by atoms with van der Waals surface area (Å²) in [6.07, 6.45) is 9.73. The van der Waals surface area contributed by atoms with Crippen LogP contribution in [0.2, 0.25) is 0 Å². The Balaban J connectivity index is 1.87. The van der Waals surface area contributed by atoms with Gasteiger partial charge in [-0.25, -0.2) is 0 Å². The Morgan fingerprint density at radius 3 is 2.86 bits per heavy atom. The lowest BCUT2D eigenvalue weighted by atomic mass is 9.58. The summed E-state index contributed by atoms with van der Waals surface area (Å²) < 4.78 is 6.08. The highest BCUT2D eigenvalue weighted by Crippen LogP contribution is 2.59. The quantitative estimate of drug-likeness (QED) is 0.714. The van der Waals surface area contributed by atoms with E-state index in [0.29, 0.717) is 35.7 Å². The third-order valence-electron chi connectivity index (χ3n) is 6.36. The second-order valence-electron chi connectivity index (χ2n) is 7.23. The van der Waals surface area contributed by atoms with Gasteiger partial charge < -0.3 is 4.74 Å². The molecular formula is C19H28O2. The average molecular weight is 288 g/mol. The number of Topliss-reactive ketones (excluding diaryl/α,β-unsaturated/α-hetero) is 1. The zero-order chi connectivity index (χ0) is 15.0. The van der Waals surface area contributed by atoms with E-state index in [9.17, 15) is 4.79 Å². The number of rotatable bonds is 4. The van der Waals surface area contributed by atoms with Crippen LogP contribution in [0.3, 0.4) is 0 Å². The molecule has 3 aliphatic carbocycles. The summed E-state index contributed by atoms with van der Waals surface area (Å²) >= 11 is 0. The monoisotopic (exact) mass is 288 g/mol. The predicted molar refractivity (Wildman–Crippen MR) is 85.1 cm³/mol. The molecule has 2 nitrogen and oxygen atoms in total. The van der Waals surface area contributed by atoms with Crippen LogP contribution in [0, 0.1) is 17.3 Å². The summed E-state index contributed by atoms with van der Waals surface area (Å²) in [5, 5.41) is 0. The number of ether oxygens (including phenoxy) is 1. The van der Waals surface area contributed by atoms with Gasteiger partial charge in [0.2, 0.25) is 0 Å². The largest absolute Gasteiger partial charge is 0.374 e. The van der Waals surface area contributed by atoms with Crippen LogP contribution in [0.1, 0.15) is 58.8 Å². The van der Waals surface area contributed by atoms with Gasteiger partial charge in [-0.2, -0.15) is 0 Å². The van der Waals surface area contributed by atoms with E-state index >= 15 is 0 Å². The van der Waals surface area contributed by atoms with Crippen LogP contribution in [0.4, 0.5) is 0 Å². The van der Waals surface area contributed by atoms with Crippen LogP contribution in [0.25, 0.3) is 0 Å². The van der Waals surface area contributed by atoms with Crippen molar-refractivity contribution in [1.82, 2.24) is 0 Å². The first-order valence-electron chi connectivity index (χ1n) is 8.59. The first kappa shape index (κ1) is 15.0. The van der Waals surface area contributed by atoms with Crippen molar-refractivity contribution >= 4 is 5.78 Å². The molecule has 0 amide bonds. The molecule has 3 unspecified atom stereocenters. The Morgan fingerprint density at radius 2 is 2.14 bits per heavy atom. The van der Waals surface area contributed by atoms with E-state index in [1.54, 1.807) is 0 Å². The third kappa shape index (κ3) is 2.32. The maximum absolute atomic E-state index is 12.2. The second-order valence-corrected chi connectivity index (χ2v) is 7.23. The molecule has 0 N–H and O–H groups in total. The molecular weight excluding hydrogens is 260 g/mol. The number of carbonyl (C=O) groups excluding carboxylic acids is 1. The first-order valence-corrected chi connectivity index (χ1v) is 8.59. The van der Waals surface area contributed by atoms with Gasteiger partial charge in [-0.1, -0.05) is 25.5 Å². The molecule has 116 valence electrons. The molecule has 0 heterocycles. The molecule has 3 aliphatic rings. The molecule has 3 rings (SSSR count). The van der Waals surface area contributed by atoms with Crippen LogP contribution < -0.4 is 0 Å². The van der Waals surface area contributed by atoms with E-state index in [1.807, 2.05) is 6.08 Å². The standard InChI is InChI=1S/C19H28O2/c1-4-12-21-18-9-7-16-15-6-8-17(20)13(5-2)14(15)10-11-19(16,18)3/h4,15-16,18H,1,5-12H2,2-3H3/t15?,16?,18?,19-/m1/s1. The Morgan fingerprint density at radius 1 is 1.33 bits per heavy atom. The van der Waals surface area contributed by atoms with Crippen LogP contribution in [0.15, 0.2) is 23.8 Å². The number of hydrogen-bond donors (Lipinski definition) is 0. The Bertz CT molecular complexity index is 476. The van der Waals surface area contributed by atoms with Crippen LogP contribution in [-0.4, -0.2) is 18.5 Å². The second kappa shape index (κ2) is 5.72. The zero-order valence-corrected chi connectivity index (χ0v) is 13.5. The van der Waals surface area contributed by atoms with E-state index in [1.165, 1.54) is 30.4 Å². The number of fused-ring (bicyclic) bond motifs is 3. The molecule has 0 saturated heterocycles. The minimum absolute atomic E-state index is 0.302. The summed E-state index contributed by atoms with van der Waals surface area (Å²) in [6.45, 7) is 9.01. The lowest BCUT2D eigenvalue weighted by molar-refractivity contribution is -0.117. The van der Waals surface area contributed by atoms with Crippen molar-refractivity contribution in [3.63, 3.8) is 0 Å². The normalized spacial score (nSPS) is 39.1. The molecule has 0 radical (unpaired) electrons. The smallest absolute Gasteiger partial charge is 0.158 e. The summed E-state index contributed by atoms with van der Waals surface area (Å²) in [5.41, 5.74) is 2.99.